The lowest BCUT2D eigenvalue weighted by atomic mass is 10.1. The number of hydrogen-bond donors (Lipinski definition) is 0. The number of allylic oxidation sites excluding steroid dienone is 1. The van der Waals surface area contributed by atoms with Crippen molar-refractivity contribution in [2.24, 2.45) is 10.1 Å². The van der Waals surface area contributed by atoms with Crippen LogP contribution in [0.4, 0.5) is 0 Å². The van der Waals surface area contributed by atoms with Gasteiger partial charge in [0.25, 0.3) is 0 Å². The van der Waals surface area contributed by atoms with Crippen molar-refractivity contribution in [1.82, 2.24) is 5.01 Å². The Morgan fingerprint density at radius 2 is 2.27 bits per heavy atom. The van der Waals surface area contributed by atoms with Crippen LogP contribution in [0.5, 0.6) is 0 Å². The molecule has 82 valence electrons. The number of hydrogen-bond acceptors (Lipinski definition) is 3. The lowest BCUT2D eigenvalue weighted by Crippen LogP contribution is -2.30. The molecule has 1 rings (SSSR count). The Bertz CT molecular complexity index is 322. The van der Waals surface area contributed by atoms with Crippen LogP contribution in [0.2, 0.25) is 0 Å². The molecule has 0 amide bonds. The SMILES string of the molecule is C=CC(CCCC)N1N=C(C)N=C=C1C. The zero-order chi connectivity index (χ0) is 11.3. The van der Waals surface area contributed by atoms with Gasteiger partial charge in [0.05, 0.1) is 11.7 Å². The molecule has 3 heteroatoms. The van der Waals surface area contributed by atoms with E-state index in [1.165, 1.54) is 12.8 Å². The summed E-state index contributed by atoms with van der Waals surface area (Å²) in [7, 11) is 0. The number of unbranched alkanes of at least 4 members (excludes halogenated alkanes) is 1. The summed E-state index contributed by atoms with van der Waals surface area (Å²) in [5, 5.41) is 6.36. The predicted molar refractivity (Wildman–Crippen MR) is 65.1 cm³/mol. The van der Waals surface area contributed by atoms with Crippen LogP contribution in [0.1, 0.15) is 40.0 Å². The minimum atomic E-state index is 0.267. The Morgan fingerprint density at radius 1 is 1.53 bits per heavy atom. The van der Waals surface area contributed by atoms with Crippen molar-refractivity contribution in [2.45, 2.75) is 46.1 Å². The number of amidine groups is 1. The largest absolute Gasteiger partial charge is 0.252 e. The first-order valence-corrected chi connectivity index (χ1v) is 5.46. The molecule has 3 nitrogen and oxygen atoms in total. The van der Waals surface area contributed by atoms with Crippen molar-refractivity contribution in [1.29, 1.82) is 0 Å². The molecule has 1 aliphatic heterocycles. The quantitative estimate of drug-likeness (QED) is 0.634. The van der Waals surface area contributed by atoms with Crippen LogP contribution < -0.4 is 0 Å². The molecule has 0 radical (unpaired) electrons. The number of aliphatic imine (C=N–C) groups is 1. The van der Waals surface area contributed by atoms with E-state index in [0.717, 1.165) is 18.0 Å². The minimum absolute atomic E-state index is 0.267. The lowest BCUT2D eigenvalue weighted by Gasteiger charge is -2.27. The van der Waals surface area contributed by atoms with Crippen molar-refractivity contribution >= 4 is 11.7 Å². The van der Waals surface area contributed by atoms with Crippen molar-refractivity contribution in [3.05, 3.63) is 18.4 Å². The summed E-state index contributed by atoms with van der Waals surface area (Å²) in [4.78, 5) is 4.05. The average Bonchev–Trinajstić information content (AvgIpc) is 2.24. The van der Waals surface area contributed by atoms with Gasteiger partial charge >= 0.3 is 0 Å². The number of rotatable bonds is 5. The van der Waals surface area contributed by atoms with E-state index in [-0.39, 0.29) is 6.04 Å². The van der Waals surface area contributed by atoms with Crippen LogP contribution in [0.3, 0.4) is 0 Å². The molecule has 0 saturated carbocycles. The molecule has 0 aliphatic carbocycles. The predicted octanol–water partition coefficient (Wildman–Crippen LogP) is 2.95. The summed E-state index contributed by atoms with van der Waals surface area (Å²) in [6, 6.07) is 0.267. The topological polar surface area (TPSA) is 28.0 Å². The molecule has 15 heavy (non-hydrogen) atoms. The van der Waals surface area contributed by atoms with Crippen molar-refractivity contribution in [2.75, 3.05) is 0 Å². The standard InChI is InChI=1S/C12H19N3/c1-5-7-8-12(6-2)15-10(3)9-13-11(4)14-15/h6,12H,2,5,7-8H2,1,3-4H3. The molecule has 0 bridgehead atoms. The molecule has 0 aromatic rings. The molecule has 1 heterocycles. The van der Waals surface area contributed by atoms with Crippen molar-refractivity contribution in [3.63, 3.8) is 0 Å². The minimum Gasteiger partial charge on any atom is -0.252 e. The summed E-state index contributed by atoms with van der Waals surface area (Å²) in [5.41, 5.74) is 0.960. The van der Waals surface area contributed by atoms with Crippen LogP contribution in [0.15, 0.2) is 28.4 Å². The first-order chi connectivity index (χ1) is 7.19. The van der Waals surface area contributed by atoms with E-state index in [4.69, 9.17) is 0 Å². The van der Waals surface area contributed by atoms with Gasteiger partial charge in [-0.05, 0) is 20.3 Å². The fraction of sp³-hybridized carbons (Fsp3) is 0.583. The van der Waals surface area contributed by atoms with Gasteiger partial charge in [-0.2, -0.15) is 10.1 Å². The third-order valence-electron chi connectivity index (χ3n) is 2.42. The van der Waals surface area contributed by atoms with Crippen LogP contribution in [-0.2, 0) is 0 Å². The van der Waals surface area contributed by atoms with E-state index < -0.39 is 0 Å². The lowest BCUT2D eigenvalue weighted by molar-refractivity contribution is 0.291. The Balaban J connectivity index is 2.76. The molecule has 0 aromatic heterocycles. The van der Waals surface area contributed by atoms with E-state index in [0.29, 0.717) is 0 Å². The van der Waals surface area contributed by atoms with E-state index in [1.807, 2.05) is 24.9 Å². The van der Waals surface area contributed by atoms with Gasteiger partial charge in [-0.15, -0.1) is 6.58 Å². The van der Waals surface area contributed by atoms with Crippen LogP contribution >= 0.6 is 0 Å². The normalized spacial score (nSPS) is 17.1. The maximum absolute atomic E-state index is 4.40. The van der Waals surface area contributed by atoms with Gasteiger partial charge in [0.2, 0.25) is 0 Å². The van der Waals surface area contributed by atoms with E-state index >= 15 is 0 Å². The fourth-order valence-electron chi connectivity index (χ4n) is 1.54. The third kappa shape index (κ3) is 3.07. The van der Waals surface area contributed by atoms with Gasteiger partial charge in [-0.3, -0.25) is 5.01 Å². The zero-order valence-corrected chi connectivity index (χ0v) is 9.82. The van der Waals surface area contributed by atoms with Crippen LogP contribution in [0, 0.1) is 0 Å². The zero-order valence-electron chi connectivity index (χ0n) is 9.82. The van der Waals surface area contributed by atoms with Gasteiger partial charge in [-0.1, -0.05) is 25.8 Å². The van der Waals surface area contributed by atoms with Gasteiger partial charge in [0.15, 0.2) is 5.84 Å². The van der Waals surface area contributed by atoms with Gasteiger partial charge < -0.3 is 0 Å². The Morgan fingerprint density at radius 3 is 2.87 bits per heavy atom. The summed E-state index contributed by atoms with van der Waals surface area (Å²) < 4.78 is 0. The molecule has 0 saturated heterocycles. The van der Waals surface area contributed by atoms with Crippen LogP contribution in [-0.4, -0.2) is 22.8 Å². The molecule has 0 spiro atoms. The van der Waals surface area contributed by atoms with Crippen LogP contribution in [0.25, 0.3) is 0 Å². The van der Waals surface area contributed by atoms with Crippen molar-refractivity contribution < 1.29 is 0 Å². The summed E-state index contributed by atoms with van der Waals surface area (Å²) in [5.74, 6) is 3.72. The smallest absolute Gasteiger partial charge is 0.155 e. The average molecular weight is 205 g/mol. The Kier molecular flexibility index (Phi) is 4.32. The maximum atomic E-state index is 4.40. The molecule has 0 N–H and O–H groups in total. The Hall–Kier alpha value is -1.34. The number of hydrazone groups is 1. The van der Waals surface area contributed by atoms with E-state index in [9.17, 15) is 0 Å². The molecule has 0 fully saturated rings. The molecule has 1 unspecified atom stereocenters. The number of nitrogens with zero attached hydrogens (tertiary/aromatic N) is 3. The highest BCUT2D eigenvalue weighted by atomic mass is 15.5. The molecular formula is C12H19N3. The van der Waals surface area contributed by atoms with Gasteiger partial charge in [0.1, 0.15) is 0 Å². The fourth-order valence-corrected chi connectivity index (χ4v) is 1.54. The highest BCUT2D eigenvalue weighted by Gasteiger charge is 2.16. The van der Waals surface area contributed by atoms with Crippen molar-refractivity contribution in [3.8, 4) is 0 Å². The monoisotopic (exact) mass is 205 g/mol. The van der Waals surface area contributed by atoms with E-state index in [2.05, 4.69) is 29.5 Å². The van der Waals surface area contributed by atoms with Gasteiger partial charge in [0, 0.05) is 5.87 Å². The Labute approximate surface area is 91.9 Å². The maximum Gasteiger partial charge on any atom is 0.155 e. The molecule has 1 aliphatic rings. The summed E-state index contributed by atoms with van der Waals surface area (Å²) in [6.45, 7) is 9.91. The first kappa shape index (κ1) is 11.7. The molecule has 0 aromatic carbocycles. The summed E-state index contributed by atoms with van der Waals surface area (Å²) >= 11 is 0. The van der Waals surface area contributed by atoms with E-state index in [1.54, 1.807) is 0 Å². The first-order valence-electron chi connectivity index (χ1n) is 5.46. The van der Waals surface area contributed by atoms with Gasteiger partial charge in [-0.25, -0.2) is 0 Å². The highest BCUT2D eigenvalue weighted by molar-refractivity contribution is 5.88. The molecule has 1 atom stereocenters. The second-order valence-corrected chi connectivity index (χ2v) is 3.75. The third-order valence-corrected chi connectivity index (χ3v) is 2.42. The summed E-state index contributed by atoms with van der Waals surface area (Å²) in [6.07, 6.45) is 5.41. The second kappa shape index (κ2) is 5.52. The highest BCUT2D eigenvalue weighted by Crippen LogP contribution is 2.16. The second-order valence-electron chi connectivity index (χ2n) is 3.75. The molecular weight excluding hydrogens is 186 g/mol.